The van der Waals surface area contributed by atoms with Gasteiger partial charge in [0, 0.05) is 6.04 Å². The van der Waals surface area contributed by atoms with Crippen LogP contribution in [-0.4, -0.2) is 75.3 Å². The number of aliphatic hydroxyl groups excluding tert-OH is 1. The zero-order chi connectivity index (χ0) is 26.0. The molecule has 0 saturated carbocycles. The van der Waals surface area contributed by atoms with Crippen LogP contribution in [0.3, 0.4) is 0 Å². The summed E-state index contributed by atoms with van der Waals surface area (Å²) in [5.41, 5.74) is 5.86. The van der Waals surface area contributed by atoms with Crippen molar-refractivity contribution in [3.63, 3.8) is 0 Å². The van der Waals surface area contributed by atoms with Gasteiger partial charge in [0.1, 0.15) is 24.2 Å². The number of aliphatic carboxylic acids is 2. The Labute approximate surface area is 193 Å². The van der Waals surface area contributed by atoms with E-state index < -0.39 is 78.2 Å². The van der Waals surface area contributed by atoms with Gasteiger partial charge in [-0.25, -0.2) is 4.79 Å². The minimum absolute atomic E-state index is 0.146. The third-order valence-electron chi connectivity index (χ3n) is 4.90. The average Bonchev–Trinajstić information content (AvgIpc) is 2.66. The Kier molecular flexibility index (Phi) is 12.6. The van der Waals surface area contributed by atoms with Gasteiger partial charge >= 0.3 is 11.9 Å². The molecular weight excluding hydrogens is 436 g/mol. The molecule has 0 aliphatic heterocycles. The van der Waals surface area contributed by atoms with Gasteiger partial charge in [-0.2, -0.15) is 0 Å². The largest absolute Gasteiger partial charge is 0.481 e. The quantitative estimate of drug-likeness (QED) is 0.165. The van der Waals surface area contributed by atoms with E-state index in [2.05, 4.69) is 16.0 Å². The predicted molar refractivity (Wildman–Crippen MR) is 119 cm³/mol. The van der Waals surface area contributed by atoms with Gasteiger partial charge in [-0.15, -0.1) is 0 Å². The van der Waals surface area contributed by atoms with Crippen molar-refractivity contribution in [1.29, 1.82) is 0 Å². The summed E-state index contributed by atoms with van der Waals surface area (Å²) in [6, 6.07) is -4.80. The third kappa shape index (κ3) is 10.6. The molecule has 0 fully saturated rings. The van der Waals surface area contributed by atoms with Crippen molar-refractivity contribution in [1.82, 2.24) is 16.0 Å². The standard InChI is InChI=1S/C21H38N4O8/c1-9(2)7-12(22)17(28)20(31)25-16(11(5)6)19(30)24-15(10(3)4)18(29)23-13(21(32)33)8-14(26)27/h9-13,15-17,28H,7-8,22H2,1-6H3,(H,23,29)(H,24,30)(H,25,31)(H,26,27)(H,32,33)/t12-,13-,15-,16-,17+/m1/s1. The first-order valence-corrected chi connectivity index (χ1v) is 10.9. The van der Waals surface area contributed by atoms with E-state index in [1.54, 1.807) is 27.7 Å². The van der Waals surface area contributed by atoms with Crippen molar-refractivity contribution < 1.29 is 39.3 Å². The molecule has 0 unspecified atom stereocenters. The molecule has 12 nitrogen and oxygen atoms in total. The van der Waals surface area contributed by atoms with Crippen LogP contribution in [0.15, 0.2) is 0 Å². The maximum Gasteiger partial charge on any atom is 0.326 e. The smallest absolute Gasteiger partial charge is 0.326 e. The van der Waals surface area contributed by atoms with Gasteiger partial charge < -0.3 is 37.0 Å². The molecule has 190 valence electrons. The topological polar surface area (TPSA) is 208 Å². The molecular formula is C21H38N4O8. The molecule has 12 heteroatoms. The van der Waals surface area contributed by atoms with Gasteiger partial charge in [0.05, 0.1) is 6.42 Å². The van der Waals surface area contributed by atoms with E-state index in [-0.39, 0.29) is 5.92 Å². The Balaban J connectivity index is 5.41. The van der Waals surface area contributed by atoms with Crippen molar-refractivity contribution in [2.24, 2.45) is 23.5 Å². The summed E-state index contributed by atoms with van der Waals surface area (Å²) in [7, 11) is 0. The van der Waals surface area contributed by atoms with Crippen molar-refractivity contribution in [2.75, 3.05) is 0 Å². The Hall–Kier alpha value is -2.73. The van der Waals surface area contributed by atoms with Crippen LogP contribution in [0.5, 0.6) is 0 Å². The second kappa shape index (κ2) is 13.7. The number of hydrogen-bond donors (Lipinski definition) is 7. The molecule has 0 aromatic carbocycles. The highest BCUT2D eigenvalue weighted by Gasteiger charge is 2.34. The van der Waals surface area contributed by atoms with E-state index in [1.807, 2.05) is 13.8 Å². The lowest BCUT2D eigenvalue weighted by atomic mass is 9.97. The van der Waals surface area contributed by atoms with Crippen molar-refractivity contribution in [2.45, 2.75) is 84.7 Å². The number of nitrogens with two attached hydrogens (primary N) is 1. The fraction of sp³-hybridized carbons (Fsp3) is 0.762. The van der Waals surface area contributed by atoms with Crippen LogP contribution in [0.1, 0.15) is 54.4 Å². The van der Waals surface area contributed by atoms with E-state index in [0.29, 0.717) is 6.42 Å². The second-order valence-electron chi connectivity index (χ2n) is 9.20. The van der Waals surface area contributed by atoms with Gasteiger partial charge in [0.25, 0.3) is 5.91 Å². The minimum atomic E-state index is -1.67. The zero-order valence-corrected chi connectivity index (χ0v) is 20.0. The number of carboxylic acids is 2. The molecule has 0 aliphatic carbocycles. The molecule has 0 aliphatic rings. The highest BCUT2D eigenvalue weighted by Crippen LogP contribution is 2.10. The molecule has 33 heavy (non-hydrogen) atoms. The number of amides is 3. The summed E-state index contributed by atoms with van der Waals surface area (Å²) in [6.07, 6.45) is -1.97. The van der Waals surface area contributed by atoms with Gasteiger partial charge in [0.2, 0.25) is 11.8 Å². The van der Waals surface area contributed by atoms with Crippen LogP contribution in [0.2, 0.25) is 0 Å². The summed E-state index contributed by atoms with van der Waals surface area (Å²) in [6.45, 7) is 10.3. The zero-order valence-electron chi connectivity index (χ0n) is 20.0. The maximum absolute atomic E-state index is 12.9. The SMILES string of the molecule is CC(C)C[C@@H](N)[C@H](O)C(=O)N[C@@H](C(=O)N[C@@H](C(=O)N[C@H](CC(=O)O)C(=O)O)C(C)C)C(C)C. The Morgan fingerprint density at radius 2 is 1.18 bits per heavy atom. The summed E-state index contributed by atoms with van der Waals surface area (Å²) in [4.78, 5) is 60.0. The van der Waals surface area contributed by atoms with Crippen LogP contribution in [-0.2, 0) is 24.0 Å². The van der Waals surface area contributed by atoms with Crippen LogP contribution in [0.4, 0.5) is 0 Å². The first-order chi connectivity index (χ1) is 15.1. The molecule has 0 rings (SSSR count). The first kappa shape index (κ1) is 30.3. The van der Waals surface area contributed by atoms with Crippen molar-refractivity contribution in [3.8, 4) is 0 Å². The molecule has 0 aromatic rings. The molecule has 0 spiro atoms. The summed E-state index contributed by atoms with van der Waals surface area (Å²) >= 11 is 0. The fourth-order valence-corrected chi connectivity index (χ4v) is 3.06. The maximum atomic E-state index is 12.9. The minimum Gasteiger partial charge on any atom is -0.481 e. The lowest BCUT2D eigenvalue weighted by Crippen LogP contribution is -2.60. The third-order valence-corrected chi connectivity index (χ3v) is 4.90. The van der Waals surface area contributed by atoms with Crippen LogP contribution < -0.4 is 21.7 Å². The number of carbonyl (C=O) groups is 5. The van der Waals surface area contributed by atoms with Crippen molar-refractivity contribution in [3.05, 3.63) is 0 Å². The second-order valence-corrected chi connectivity index (χ2v) is 9.20. The van der Waals surface area contributed by atoms with E-state index in [0.717, 1.165) is 0 Å². The predicted octanol–water partition coefficient (Wildman–Crippen LogP) is -0.954. The number of carbonyl (C=O) groups excluding carboxylic acids is 3. The summed E-state index contributed by atoms with van der Waals surface area (Å²) in [5.74, 6) is -6.12. The molecule has 5 atom stereocenters. The highest BCUT2D eigenvalue weighted by atomic mass is 16.4. The summed E-state index contributed by atoms with van der Waals surface area (Å²) < 4.78 is 0. The first-order valence-electron chi connectivity index (χ1n) is 10.9. The molecule has 0 saturated heterocycles. The summed E-state index contributed by atoms with van der Waals surface area (Å²) in [5, 5.41) is 35.2. The Bertz CT molecular complexity index is 710. The molecule has 0 heterocycles. The number of carboxylic acid groups (broad SMARTS) is 2. The van der Waals surface area contributed by atoms with E-state index in [9.17, 15) is 29.1 Å². The van der Waals surface area contributed by atoms with Crippen LogP contribution >= 0.6 is 0 Å². The number of nitrogens with one attached hydrogen (secondary N) is 3. The molecule has 8 N–H and O–H groups in total. The molecule has 0 aromatic heterocycles. The van der Waals surface area contributed by atoms with E-state index in [4.69, 9.17) is 15.9 Å². The lowest BCUT2D eigenvalue weighted by Gasteiger charge is -2.29. The van der Waals surface area contributed by atoms with E-state index in [1.165, 1.54) is 0 Å². The van der Waals surface area contributed by atoms with Crippen molar-refractivity contribution >= 4 is 29.7 Å². The fourth-order valence-electron chi connectivity index (χ4n) is 3.06. The number of hydrogen-bond acceptors (Lipinski definition) is 7. The lowest BCUT2D eigenvalue weighted by molar-refractivity contribution is -0.147. The van der Waals surface area contributed by atoms with Gasteiger partial charge in [-0.3, -0.25) is 19.2 Å². The van der Waals surface area contributed by atoms with Gasteiger partial charge in [0.15, 0.2) is 0 Å². The normalized spacial score (nSPS) is 16.0. The Morgan fingerprint density at radius 3 is 1.55 bits per heavy atom. The number of aliphatic hydroxyl groups is 1. The monoisotopic (exact) mass is 474 g/mol. The van der Waals surface area contributed by atoms with E-state index >= 15 is 0 Å². The molecule has 3 amide bonds. The molecule has 0 radical (unpaired) electrons. The Morgan fingerprint density at radius 1 is 0.758 bits per heavy atom. The van der Waals surface area contributed by atoms with Gasteiger partial charge in [-0.05, 0) is 24.2 Å². The molecule has 0 bridgehead atoms. The highest BCUT2D eigenvalue weighted by molar-refractivity contribution is 5.94. The van der Waals surface area contributed by atoms with Crippen LogP contribution in [0, 0.1) is 17.8 Å². The van der Waals surface area contributed by atoms with Gasteiger partial charge in [-0.1, -0.05) is 41.5 Å². The number of rotatable bonds is 14. The average molecular weight is 475 g/mol. The van der Waals surface area contributed by atoms with Crippen LogP contribution in [0.25, 0.3) is 0 Å².